The Morgan fingerprint density at radius 3 is 2.30 bits per heavy atom. The normalized spacial score (nSPS) is 12.3. The van der Waals surface area contributed by atoms with E-state index in [0.29, 0.717) is 16.3 Å². The smallest absolute Gasteiger partial charge is 0.258 e. The van der Waals surface area contributed by atoms with Gasteiger partial charge in [0.25, 0.3) is 5.91 Å². The van der Waals surface area contributed by atoms with Crippen molar-refractivity contribution in [3.8, 4) is 5.75 Å². The maximum atomic E-state index is 12.2. The molecule has 6 heteroatoms. The van der Waals surface area contributed by atoms with Crippen molar-refractivity contribution in [2.45, 2.75) is 38.6 Å². The number of para-hydroxylation sites is 1. The molecule has 0 aromatic heterocycles. The van der Waals surface area contributed by atoms with Gasteiger partial charge in [-0.2, -0.15) is 0 Å². The van der Waals surface area contributed by atoms with Crippen LogP contribution in [0.3, 0.4) is 0 Å². The molecule has 0 heterocycles. The molecule has 1 atom stereocenters. The van der Waals surface area contributed by atoms with Gasteiger partial charge in [-0.3, -0.25) is 4.79 Å². The number of carbonyl (C=O) groups is 2. The minimum atomic E-state index is -1.24. The quantitative estimate of drug-likeness (QED) is 0.790. The Kier molecular flexibility index (Phi) is 6.86. The minimum absolute atomic E-state index is 0.0194. The highest BCUT2D eigenvalue weighted by atomic mass is 35.5. The number of hydrogen-bond acceptors (Lipinski definition) is 4. The third-order valence-electron chi connectivity index (χ3n) is 4.08. The third-order valence-corrected chi connectivity index (χ3v) is 4.39. The fourth-order valence-electron chi connectivity index (χ4n) is 2.58. The summed E-state index contributed by atoms with van der Waals surface area (Å²) in [6.07, 6.45) is -0.327. The molecule has 5 nitrogen and oxygen atoms in total. The van der Waals surface area contributed by atoms with Gasteiger partial charge in [0.15, 0.2) is 6.61 Å². The molecular weight excluding hydrogens is 366 g/mol. The van der Waals surface area contributed by atoms with Gasteiger partial charge in [0.1, 0.15) is 5.75 Å². The monoisotopic (exact) mass is 388 g/mol. The Morgan fingerprint density at radius 2 is 1.74 bits per heavy atom. The zero-order valence-electron chi connectivity index (χ0n) is 15.6. The number of carbonyl (C=O) groups excluding carboxylic acids is 2. The van der Waals surface area contributed by atoms with E-state index < -0.39 is 17.9 Å². The molecule has 0 aliphatic rings. The van der Waals surface area contributed by atoms with Crippen molar-refractivity contribution in [3.05, 3.63) is 64.7 Å². The molecule has 27 heavy (non-hydrogen) atoms. The van der Waals surface area contributed by atoms with E-state index in [1.807, 2.05) is 24.3 Å². The number of amides is 1. The Hall–Kier alpha value is -2.53. The predicted molar refractivity (Wildman–Crippen MR) is 103 cm³/mol. The maximum absolute atomic E-state index is 12.2. The van der Waals surface area contributed by atoms with Gasteiger partial charge < -0.3 is 20.0 Å². The minimum Gasteiger partial charge on any atom is -0.550 e. The maximum Gasteiger partial charge on any atom is 0.258 e. The van der Waals surface area contributed by atoms with E-state index in [2.05, 4.69) is 26.1 Å². The molecule has 0 fully saturated rings. The highest BCUT2D eigenvalue weighted by Crippen LogP contribution is 2.25. The topological polar surface area (TPSA) is 78.5 Å². The second-order valence-corrected chi connectivity index (χ2v) is 7.69. The van der Waals surface area contributed by atoms with Crippen molar-refractivity contribution in [2.75, 3.05) is 6.61 Å². The molecule has 0 saturated carbocycles. The molecule has 0 aliphatic heterocycles. The average molecular weight is 389 g/mol. The van der Waals surface area contributed by atoms with E-state index in [9.17, 15) is 14.7 Å². The van der Waals surface area contributed by atoms with E-state index in [1.165, 1.54) is 0 Å². The highest BCUT2D eigenvalue weighted by molar-refractivity contribution is 6.32. The van der Waals surface area contributed by atoms with Crippen molar-refractivity contribution in [2.24, 2.45) is 0 Å². The molecule has 2 aromatic rings. The number of aliphatic carboxylic acids is 1. The molecule has 2 aromatic carbocycles. The second kappa shape index (κ2) is 8.91. The summed E-state index contributed by atoms with van der Waals surface area (Å²) in [5.41, 5.74) is 1.79. The standard InChI is InChI=1S/C21H24ClNO4/c1-21(2,3)15-10-8-14(9-11-15)17(12-20(25)26)23-19(24)13-27-18-7-5-4-6-16(18)22/h4-11,17H,12-13H2,1-3H3,(H,23,24)(H,25,26)/p-1. The molecule has 0 bridgehead atoms. The second-order valence-electron chi connectivity index (χ2n) is 7.29. The molecule has 144 valence electrons. The Balaban J connectivity index is 2.06. The lowest BCUT2D eigenvalue weighted by Gasteiger charge is -2.23. The van der Waals surface area contributed by atoms with Gasteiger partial charge in [0, 0.05) is 12.4 Å². The van der Waals surface area contributed by atoms with Crippen LogP contribution in [0.25, 0.3) is 0 Å². The van der Waals surface area contributed by atoms with Gasteiger partial charge >= 0.3 is 0 Å². The zero-order valence-corrected chi connectivity index (χ0v) is 16.4. The van der Waals surface area contributed by atoms with Crippen molar-refractivity contribution in [3.63, 3.8) is 0 Å². The molecule has 1 unspecified atom stereocenters. The summed E-state index contributed by atoms with van der Waals surface area (Å²) < 4.78 is 5.40. The van der Waals surface area contributed by atoms with Gasteiger partial charge in [-0.05, 0) is 28.7 Å². The molecular formula is C21H23ClNO4-. The summed E-state index contributed by atoms with van der Waals surface area (Å²) in [5, 5.41) is 14.2. The molecule has 0 aliphatic carbocycles. The summed E-state index contributed by atoms with van der Waals surface area (Å²) in [6, 6.07) is 13.6. The fourth-order valence-corrected chi connectivity index (χ4v) is 2.77. The number of carboxylic acid groups (broad SMARTS) is 1. The number of halogens is 1. The van der Waals surface area contributed by atoms with E-state index in [-0.39, 0.29) is 18.4 Å². The lowest BCUT2D eigenvalue weighted by Crippen LogP contribution is -2.36. The molecule has 2 rings (SSSR count). The van der Waals surface area contributed by atoms with E-state index in [0.717, 1.165) is 5.56 Å². The van der Waals surface area contributed by atoms with Crippen LogP contribution >= 0.6 is 11.6 Å². The van der Waals surface area contributed by atoms with Crippen LogP contribution in [-0.2, 0) is 15.0 Å². The Labute approximate surface area is 164 Å². The SMILES string of the molecule is CC(C)(C)c1ccc(C(CC(=O)[O-])NC(=O)COc2ccccc2Cl)cc1. The first-order chi connectivity index (χ1) is 12.7. The molecule has 0 radical (unpaired) electrons. The first-order valence-corrected chi connectivity index (χ1v) is 9.01. The predicted octanol–water partition coefficient (Wildman–Crippen LogP) is 3.01. The van der Waals surface area contributed by atoms with Crippen LogP contribution in [0.2, 0.25) is 5.02 Å². The number of ether oxygens (including phenoxy) is 1. The zero-order chi connectivity index (χ0) is 20.0. The number of nitrogens with one attached hydrogen (secondary N) is 1. The van der Waals surface area contributed by atoms with Gasteiger partial charge in [0.2, 0.25) is 0 Å². The number of carboxylic acids is 1. The van der Waals surface area contributed by atoms with Crippen LogP contribution in [0.5, 0.6) is 5.75 Å². The number of benzene rings is 2. The lowest BCUT2D eigenvalue weighted by atomic mass is 9.86. The van der Waals surface area contributed by atoms with Gasteiger partial charge in [-0.1, -0.05) is 68.8 Å². The largest absolute Gasteiger partial charge is 0.550 e. The number of rotatable bonds is 7. The third kappa shape index (κ3) is 6.29. The van der Waals surface area contributed by atoms with Crippen LogP contribution in [-0.4, -0.2) is 18.5 Å². The average Bonchev–Trinajstić information content (AvgIpc) is 2.59. The first kappa shape index (κ1) is 20.8. The molecule has 0 saturated heterocycles. The van der Waals surface area contributed by atoms with Crippen molar-refractivity contribution < 1.29 is 19.4 Å². The first-order valence-electron chi connectivity index (χ1n) is 8.64. The van der Waals surface area contributed by atoms with Crippen molar-refractivity contribution >= 4 is 23.5 Å². The lowest BCUT2D eigenvalue weighted by molar-refractivity contribution is -0.306. The molecule has 1 amide bonds. The molecule has 0 spiro atoms. The van der Waals surface area contributed by atoms with E-state index in [4.69, 9.17) is 16.3 Å². The molecule has 1 N–H and O–H groups in total. The summed E-state index contributed by atoms with van der Waals surface area (Å²) in [6.45, 7) is 6.00. The van der Waals surface area contributed by atoms with Crippen LogP contribution in [0, 0.1) is 0 Å². The summed E-state index contributed by atoms with van der Waals surface area (Å²) in [4.78, 5) is 23.3. The van der Waals surface area contributed by atoms with Crippen molar-refractivity contribution in [1.82, 2.24) is 5.32 Å². The van der Waals surface area contributed by atoms with Crippen LogP contribution in [0.4, 0.5) is 0 Å². The summed E-state index contributed by atoms with van der Waals surface area (Å²) in [7, 11) is 0. The fraction of sp³-hybridized carbons (Fsp3) is 0.333. The Morgan fingerprint density at radius 1 is 1.11 bits per heavy atom. The van der Waals surface area contributed by atoms with Gasteiger partial charge in [0.05, 0.1) is 11.1 Å². The highest BCUT2D eigenvalue weighted by Gasteiger charge is 2.18. The van der Waals surface area contributed by atoms with Crippen LogP contribution in [0.15, 0.2) is 48.5 Å². The Bertz CT molecular complexity index is 797. The van der Waals surface area contributed by atoms with Crippen LogP contribution < -0.4 is 15.2 Å². The van der Waals surface area contributed by atoms with Crippen LogP contribution in [0.1, 0.15) is 44.4 Å². The van der Waals surface area contributed by atoms with E-state index >= 15 is 0 Å². The number of hydrogen-bond donors (Lipinski definition) is 1. The van der Waals surface area contributed by atoms with Crippen molar-refractivity contribution in [1.29, 1.82) is 0 Å². The van der Waals surface area contributed by atoms with E-state index in [1.54, 1.807) is 24.3 Å². The van der Waals surface area contributed by atoms with Gasteiger partial charge in [-0.25, -0.2) is 0 Å². The van der Waals surface area contributed by atoms with Gasteiger partial charge in [-0.15, -0.1) is 0 Å². The summed E-state index contributed by atoms with van der Waals surface area (Å²) in [5.74, 6) is -1.30. The summed E-state index contributed by atoms with van der Waals surface area (Å²) >= 11 is 5.99.